The molecule has 4 rings (SSSR count). The van der Waals surface area contributed by atoms with Crippen molar-refractivity contribution in [1.82, 2.24) is 15.3 Å². The fourth-order valence-corrected chi connectivity index (χ4v) is 5.58. The second-order valence-electron chi connectivity index (χ2n) is 11.2. The zero-order valence-electron chi connectivity index (χ0n) is 24.1. The highest BCUT2D eigenvalue weighted by Crippen LogP contribution is 2.41. The first kappa shape index (κ1) is 29.9. The van der Waals surface area contributed by atoms with Gasteiger partial charge in [-0.1, -0.05) is 60.1 Å². The third-order valence-electron chi connectivity index (χ3n) is 7.15. The summed E-state index contributed by atoms with van der Waals surface area (Å²) in [6.07, 6.45) is 0.887. The lowest BCUT2D eigenvalue weighted by molar-refractivity contribution is -0.181. The van der Waals surface area contributed by atoms with Crippen molar-refractivity contribution in [2.45, 2.75) is 64.1 Å². The minimum absolute atomic E-state index is 0.0956. The molecular weight excluding hydrogens is 540 g/mol. The maximum absolute atomic E-state index is 14.5. The van der Waals surface area contributed by atoms with Crippen molar-refractivity contribution in [2.24, 2.45) is 0 Å². The fourth-order valence-electron chi connectivity index (χ4n) is 5.46. The van der Waals surface area contributed by atoms with Crippen LogP contribution in [0.15, 0.2) is 78.9 Å². The molecule has 8 nitrogen and oxygen atoms in total. The molecule has 3 atom stereocenters. The molecule has 0 aromatic heterocycles. The van der Waals surface area contributed by atoms with Crippen LogP contribution in [0.4, 0.5) is 10.5 Å². The SMILES string of the molecule is COc1cccc(NC(=O)NC2CC(c3ccccc3)CC(c3ccc(Cl)cc3)N(N(C(C)=O)C(C)(C)C)C2=O)c1. The van der Waals surface area contributed by atoms with Crippen molar-refractivity contribution in [3.8, 4) is 5.75 Å². The summed E-state index contributed by atoms with van der Waals surface area (Å²) in [4.78, 5) is 40.9. The molecule has 1 fully saturated rings. The smallest absolute Gasteiger partial charge is 0.319 e. The van der Waals surface area contributed by atoms with E-state index in [0.29, 0.717) is 29.3 Å². The van der Waals surface area contributed by atoms with Gasteiger partial charge in [0.2, 0.25) is 5.91 Å². The average molecular weight is 577 g/mol. The number of rotatable bonds is 6. The van der Waals surface area contributed by atoms with Gasteiger partial charge in [-0.2, -0.15) is 0 Å². The van der Waals surface area contributed by atoms with E-state index in [1.165, 1.54) is 11.9 Å². The molecule has 1 saturated heterocycles. The van der Waals surface area contributed by atoms with Crippen molar-refractivity contribution >= 4 is 35.1 Å². The van der Waals surface area contributed by atoms with Gasteiger partial charge >= 0.3 is 6.03 Å². The van der Waals surface area contributed by atoms with Gasteiger partial charge in [0.25, 0.3) is 5.91 Å². The van der Waals surface area contributed by atoms with E-state index in [1.54, 1.807) is 48.5 Å². The number of nitrogens with zero attached hydrogens (tertiary/aromatic N) is 2. The monoisotopic (exact) mass is 576 g/mol. The third kappa shape index (κ3) is 7.19. The maximum atomic E-state index is 14.5. The van der Waals surface area contributed by atoms with Gasteiger partial charge in [-0.3, -0.25) is 9.59 Å². The number of hydrogen-bond acceptors (Lipinski definition) is 4. The Labute approximate surface area is 246 Å². The van der Waals surface area contributed by atoms with Crippen LogP contribution in [0.2, 0.25) is 5.02 Å². The second kappa shape index (κ2) is 12.6. The molecule has 1 aliphatic rings. The summed E-state index contributed by atoms with van der Waals surface area (Å²) in [6, 6.07) is 22.3. The number of urea groups is 1. The summed E-state index contributed by atoms with van der Waals surface area (Å²) in [5.74, 6) is -0.143. The Morgan fingerprint density at radius 2 is 1.63 bits per heavy atom. The highest BCUT2D eigenvalue weighted by Gasteiger charge is 2.45. The molecule has 41 heavy (non-hydrogen) atoms. The van der Waals surface area contributed by atoms with Crippen LogP contribution in [-0.4, -0.2) is 46.6 Å². The number of carbonyl (C=O) groups is 3. The summed E-state index contributed by atoms with van der Waals surface area (Å²) in [6.45, 7) is 7.11. The third-order valence-corrected chi connectivity index (χ3v) is 7.41. The number of carbonyl (C=O) groups excluding carboxylic acids is 3. The van der Waals surface area contributed by atoms with Crippen LogP contribution in [-0.2, 0) is 9.59 Å². The van der Waals surface area contributed by atoms with Crippen molar-refractivity contribution < 1.29 is 19.1 Å². The average Bonchev–Trinajstić information content (AvgIpc) is 3.06. The zero-order chi connectivity index (χ0) is 29.7. The summed E-state index contributed by atoms with van der Waals surface area (Å²) in [5.41, 5.74) is 1.71. The standard InChI is InChI=1S/C32H37ClN4O4/c1-21(38)37(32(2,3)4)36-29(23-14-16-25(33)17-15-23)19-24(22-10-7-6-8-11-22)18-28(30(36)39)35-31(40)34-26-12-9-13-27(20-26)41-5/h6-17,20,24,28-29H,18-19H2,1-5H3,(H2,34,35,40). The first-order valence-electron chi connectivity index (χ1n) is 13.6. The van der Waals surface area contributed by atoms with Crippen LogP contribution in [0.5, 0.6) is 5.75 Å². The number of ether oxygens (including phenoxy) is 1. The maximum Gasteiger partial charge on any atom is 0.319 e. The van der Waals surface area contributed by atoms with E-state index in [4.69, 9.17) is 16.3 Å². The number of hydrazine groups is 1. The van der Waals surface area contributed by atoms with E-state index in [1.807, 2.05) is 63.2 Å². The highest BCUT2D eigenvalue weighted by atomic mass is 35.5. The number of amides is 4. The topological polar surface area (TPSA) is 91.0 Å². The summed E-state index contributed by atoms with van der Waals surface area (Å²) < 4.78 is 5.26. The molecule has 1 heterocycles. The van der Waals surface area contributed by atoms with Crippen LogP contribution in [0.3, 0.4) is 0 Å². The molecule has 0 radical (unpaired) electrons. The van der Waals surface area contributed by atoms with Gasteiger partial charge in [0, 0.05) is 23.7 Å². The van der Waals surface area contributed by atoms with E-state index in [2.05, 4.69) is 10.6 Å². The number of methoxy groups -OCH3 is 1. The van der Waals surface area contributed by atoms with E-state index in [9.17, 15) is 14.4 Å². The van der Waals surface area contributed by atoms with Gasteiger partial charge in [0.15, 0.2) is 0 Å². The Morgan fingerprint density at radius 3 is 2.24 bits per heavy atom. The zero-order valence-corrected chi connectivity index (χ0v) is 24.8. The molecule has 9 heteroatoms. The number of hydrogen-bond donors (Lipinski definition) is 2. The molecule has 4 amide bonds. The van der Waals surface area contributed by atoms with Crippen molar-refractivity contribution in [2.75, 3.05) is 12.4 Å². The molecule has 0 spiro atoms. The first-order valence-corrected chi connectivity index (χ1v) is 14.0. The Balaban J connectivity index is 1.78. The Morgan fingerprint density at radius 1 is 0.951 bits per heavy atom. The minimum atomic E-state index is -0.910. The minimum Gasteiger partial charge on any atom is -0.497 e. The molecule has 1 aliphatic heterocycles. The number of halogens is 1. The summed E-state index contributed by atoms with van der Waals surface area (Å²) in [7, 11) is 1.55. The molecule has 0 saturated carbocycles. The first-order chi connectivity index (χ1) is 19.5. The molecule has 2 N–H and O–H groups in total. The molecule has 3 unspecified atom stereocenters. The summed E-state index contributed by atoms with van der Waals surface area (Å²) >= 11 is 6.22. The van der Waals surface area contributed by atoms with Gasteiger partial charge in [-0.25, -0.2) is 14.8 Å². The Kier molecular flexibility index (Phi) is 9.23. The molecule has 3 aromatic carbocycles. The van der Waals surface area contributed by atoms with Crippen LogP contribution in [0, 0.1) is 0 Å². The Bertz CT molecular complexity index is 1370. The molecular formula is C32H37ClN4O4. The van der Waals surface area contributed by atoms with Gasteiger partial charge in [-0.15, -0.1) is 0 Å². The van der Waals surface area contributed by atoms with Gasteiger partial charge in [0.1, 0.15) is 11.8 Å². The van der Waals surface area contributed by atoms with Gasteiger partial charge < -0.3 is 15.4 Å². The lowest BCUT2D eigenvalue weighted by Crippen LogP contribution is -2.61. The predicted molar refractivity (Wildman–Crippen MR) is 161 cm³/mol. The fraction of sp³-hybridized carbons (Fsp3) is 0.344. The van der Waals surface area contributed by atoms with E-state index < -0.39 is 23.7 Å². The summed E-state index contributed by atoms with van der Waals surface area (Å²) in [5, 5.41) is 9.35. The van der Waals surface area contributed by atoms with Gasteiger partial charge in [0.05, 0.1) is 18.7 Å². The predicted octanol–water partition coefficient (Wildman–Crippen LogP) is 6.55. The molecule has 216 valence electrons. The van der Waals surface area contributed by atoms with Crippen LogP contribution < -0.4 is 15.4 Å². The van der Waals surface area contributed by atoms with E-state index in [-0.39, 0.29) is 17.7 Å². The lowest BCUT2D eigenvalue weighted by atomic mass is 9.86. The molecule has 3 aromatic rings. The number of anilines is 1. The van der Waals surface area contributed by atoms with Crippen LogP contribution in [0.1, 0.15) is 63.6 Å². The molecule has 0 bridgehead atoms. The van der Waals surface area contributed by atoms with Crippen molar-refractivity contribution in [3.05, 3.63) is 95.0 Å². The number of benzene rings is 3. The van der Waals surface area contributed by atoms with E-state index in [0.717, 1.165) is 11.1 Å². The lowest BCUT2D eigenvalue weighted by Gasteiger charge is -2.47. The molecule has 0 aliphatic carbocycles. The van der Waals surface area contributed by atoms with Crippen LogP contribution >= 0.6 is 11.6 Å². The largest absolute Gasteiger partial charge is 0.497 e. The van der Waals surface area contributed by atoms with Crippen molar-refractivity contribution in [1.29, 1.82) is 0 Å². The van der Waals surface area contributed by atoms with Crippen LogP contribution in [0.25, 0.3) is 0 Å². The number of nitrogens with one attached hydrogen (secondary N) is 2. The quantitative estimate of drug-likeness (QED) is 0.348. The van der Waals surface area contributed by atoms with E-state index >= 15 is 0 Å². The van der Waals surface area contributed by atoms with Gasteiger partial charge in [-0.05, 0) is 74.9 Å². The normalized spacial score (nSPS) is 19.2. The highest BCUT2D eigenvalue weighted by molar-refractivity contribution is 6.30. The second-order valence-corrected chi connectivity index (χ2v) is 11.7. The Hall–Kier alpha value is -4.04. The van der Waals surface area contributed by atoms with Crippen molar-refractivity contribution in [3.63, 3.8) is 0 Å².